The van der Waals surface area contributed by atoms with E-state index < -0.39 is 5.91 Å². The number of amides is 2. The molecule has 0 bridgehead atoms. The van der Waals surface area contributed by atoms with Crippen molar-refractivity contribution < 1.29 is 9.59 Å². The smallest absolute Gasteiger partial charge is 0.265 e. The first kappa shape index (κ1) is 20.6. The van der Waals surface area contributed by atoms with Crippen molar-refractivity contribution in [2.24, 2.45) is 0 Å². The molecule has 1 saturated heterocycles. The van der Waals surface area contributed by atoms with E-state index in [2.05, 4.69) is 22.3 Å². The van der Waals surface area contributed by atoms with E-state index in [1.165, 1.54) is 16.2 Å². The van der Waals surface area contributed by atoms with Crippen LogP contribution < -0.4 is 10.2 Å². The van der Waals surface area contributed by atoms with Gasteiger partial charge < -0.3 is 4.90 Å². The molecule has 7 heteroatoms. The lowest BCUT2D eigenvalue weighted by Crippen LogP contribution is -2.53. The predicted octanol–water partition coefficient (Wildman–Crippen LogP) is 3.50. The highest BCUT2D eigenvalue weighted by molar-refractivity contribution is 7.80. The van der Waals surface area contributed by atoms with E-state index in [1.54, 1.807) is 6.08 Å². The number of fused-ring (bicyclic) bond motifs is 1. The van der Waals surface area contributed by atoms with E-state index in [0.717, 1.165) is 37.1 Å². The first-order valence-electron chi connectivity index (χ1n) is 9.93. The molecule has 0 aromatic heterocycles. The maximum atomic E-state index is 13.0. The molecule has 2 aromatic carbocycles. The second-order valence-corrected chi connectivity index (χ2v) is 8.13. The Hall–Kier alpha value is -2.70. The molecular formula is C23H22ClN3O2S. The second-order valence-electron chi connectivity index (χ2n) is 7.36. The van der Waals surface area contributed by atoms with Crippen LogP contribution in [0.5, 0.6) is 0 Å². The third-order valence-electron chi connectivity index (χ3n) is 5.34. The number of hydrogen-bond acceptors (Lipinski definition) is 4. The van der Waals surface area contributed by atoms with Crippen molar-refractivity contribution in [2.45, 2.75) is 19.4 Å². The number of nitrogens with zero attached hydrogens (tertiary/aromatic N) is 2. The molecule has 2 amide bonds. The summed E-state index contributed by atoms with van der Waals surface area (Å²) in [5.74, 6) is -0.190. The van der Waals surface area contributed by atoms with Gasteiger partial charge in [-0.1, -0.05) is 36.4 Å². The second kappa shape index (κ2) is 8.98. The van der Waals surface area contributed by atoms with Gasteiger partial charge in [-0.05, 0) is 60.0 Å². The first-order valence-corrected chi connectivity index (χ1v) is 10.9. The highest BCUT2D eigenvalue weighted by Crippen LogP contribution is 2.30. The van der Waals surface area contributed by atoms with Gasteiger partial charge in [-0.15, -0.1) is 11.6 Å². The molecule has 0 spiro atoms. The molecule has 154 valence electrons. The number of benzene rings is 2. The fourth-order valence-electron chi connectivity index (χ4n) is 3.83. The molecule has 0 aliphatic carbocycles. The van der Waals surface area contributed by atoms with Crippen LogP contribution in [0.4, 0.5) is 5.69 Å². The fraction of sp³-hybridized carbons (Fsp3) is 0.261. The van der Waals surface area contributed by atoms with E-state index >= 15 is 0 Å². The average Bonchev–Trinajstić information content (AvgIpc) is 3.15. The molecule has 2 aliphatic heterocycles. The van der Waals surface area contributed by atoms with E-state index in [-0.39, 0.29) is 16.6 Å². The predicted molar refractivity (Wildman–Crippen MR) is 123 cm³/mol. The van der Waals surface area contributed by atoms with Crippen LogP contribution >= 0.6 is 23.8 Å². The normalized spacial score (nSPS) is 17.5. The van der Waals surface area contributed by atoms with Gasteiger partial charge in [0.2, 0.25) is 0 Å². The Morgan fingerprint density at radius 3 is 2.70 bits per heavy atom. The number of thiocarbonyl (C=S) groups is 1. The van der Waals surface area contributed by atoms with Gasteiger partial charge in [0.05, 0.1) is 6.54 Å². The van der Waals surface area contributed by atoms with Crippen LogP contribution in [0.2, 0.25) is 0 Å². The van der Waals surface area contributed by atoms with Crippen LogP contribution in [0, 0.1) is 0 Å². The molecule has 0 radical (unpaired) electrons. The van der Waals surface area contributed by atoms with E-state index in [1.807, 2.05) is 36.4 Å². The van der Waals surface area contributed by atoms with Gasteiger partial charge in [-0.25, -0.2) is 0 Å². The van der Waals surface area contributed by atoms with Crippen molar-refractivity contribution in [3.05, 3.63) is 70.8 Å². The number of hydrogen-bond donors (Lipinski definition) is 1. The Morgan fingerprint density at radius 2 is 1.93 bits per heavy atom. The standard InChI is InChI=1S/C23H22ClN3O2S/c24-10-4-11-26-12-9-18-13-17(7-8-20(18)26)14-19-21(28)25-23(30)27(22(19)29)15-16-5-2-1-3-6-16/h1-3,5-8,13-14H,4,9-12,15H2,(H,25,28,30). The number of carbonyl (C=O) groups is 2. The summed E-state index contributed by atoms with van der Waals surface area (Å²) in [6, 6.07) is 15.6. The van der Waals surface area contributed by atoms with Crippen molar-refractivity contribution in [3.63, 3.8) is 0 Å². The molecular weight excluding hydrogens is 418 g/mol. The summed E-state index contributed by atoms with van der Waals surface area (Å²) in [6.45, 7) is 2.21. The molecule has 2 aromatic rings. The number of rotatable bonds is 6. The lowest BCUT2D eigenvalue weighted by molar-refractivity contribution is -0.129. The van der Waals surface area contributed by atoms with Crippen molar-refractivity contribution in [2.75, 3.05) is 23.9 Å². The third kappa shape index (κ3) is 4.25. The molecule has 2 heterocycles. The number of nitrogens with one attached hydrogen (secondary N) is 1. The number of alkyl halides is 1. The Balaban J connectivity index is 1.57. The van der Waals surface area contributed by atoms with Crippen LogP contribution in [0.15, 0.2) is 54.1 Å². The Bertz CT molecular complexity index is 1020. The highest BCUT2D eigenvalue weighted by atomic mass is 35.5. The van der Waals surface area contributed by atoms with Gasteiger partial charge in [-0.2, -0.15) is 0 Å². The average molecular weight is 440 g/mol. The summed E-state index contributed by atoms with van der Waals surface area (Å²) in [4.78, 5) is 29.3. The SMILES string of the molecule is O=C1NC(=S)N(Cc2ccccc2)C(=O)C1=Cc1ccc2c(c1)CCN2CCCCl. The zero-order valence-electron chi connectivity index (χ0n) is 16.4. The molecule has 1 N–H and O–H groups in total. The molecule has 0 unspecified atom stereocenters. The molecule has 2 aliphatic rings. The maximum absolute atomic E-state index is 13.0. The van der Waals surface area contributed by atoms with Crippen LogP contribution in [0.1, 0.15) is 23.1 Å². The monoisotopic (exact) mass is 439 g/mol. The third-order valence-corrected chi connectivity index (χ3v) is 5.93. The summed E-state index contributed by atoms with van der Waals surface area (Å²) in [6.07, 6.45) is 3.54. The topological polar surface area (TPSA) is 52.7 Å². The Labute approximate surface area is 186 Å². The molecule has 5 nitrogen and oxygen atoms in total. The fourth-order valence-corrected chi connectivity index (χ4v) is 4.19. The number of carbonyl (C=O) groups excluding carboxylic acids is 2. The summed E-state index contributed by atoms with van der Waals surface area (Å²) >= 11 is 11.1. The minimum absolute atomic E-state index is 0.0940. The molecule has 4 rings (SSSR count). The Kier molecular flexibility index (Phi) is 6.16. The van der Waals surface area contributed by atoms with Gasteiger partial charge in [0.1, 0.15) is 5.57 Å². The minimum atomic E-state index is -0.460. The van der Waals surface area contributed by atoms with Gasteiger partial charge >= 0.3 is 0 Å². The van der Waals surface area contributed by atoms with Crippen LogP contribution in [0.3, 0.4) is 0 Å². The number of anilines is 1. The summed E-state index contributed by atoms with van der Waals surface area (Å²) in [5.41, 5.74) is 4.29. The number of halogens is 1. The molecule has 0 atom stereocenters. The van der Waals surface area contributed by atoms with Gasteiger partial charge in [-0.3, -0.25) is 19.8 Å². The van der Waals surface area contributed by atoms with Crippen molar-refractivity contribution >= 4 is 52.5 Å². The highest BCUT2D eigenvalue weighted by Gasteiger charge is 2.33. The molecule has 0 saturated carbocycles. The first-order chi connectivity index (χ1) is 14.6. The largest absolute Gasteiger partial charge is 0.371 e. The van der Waals surface area contributed by atoms with Crippen molar-refractivity contribution in [3.8, 4) is 0 Å². The zero-order chi connectivity index (χ0) is 21.1. The minimum Gasteiger partial charge on any atom is -0.371 e. The quantitative estimate of drug-likeness (QED) is 0.324. The van der Waals surface area contributed by atoms with Crippen LogP contribution in [0.25, 0.3) is 6.08 Å². The van der Waals surface area contributed by atoms with Crippen LogP contribution in [-0.4, -0.2) is 40.8 Å². The van der Waals surface area contributed by atoms with Gasteiger partial charge in [0, 0.05) is 24.7 Å². The summed E-state index contributed by atoms with van der Waals surface area (Å²) in [5, 5.41) is 2.78. The molecule has 30 heavy (non-hydrogen) atoms. The summed E-state index contributed by atoms with van der Waals surface area (Å²) < 4.78 is 0. The Morgan fingerprint density at radius 1 is 1.13 bits per heavy atom. The lowest BCUT2D eigenvalue weighted by Gasteiger charge is -2.29. The van der Waals surface area contributed by atoms with Gasteiger partial charge in [0.15, 0.2) is 5.11 Å². The van der Waals surface area contributed by atoms with E-state index in [0.29, 0.717) is 12.4 Å². The van der Waals surface area contributed by atoms with E-state index in [4.69, 9.17) is 23.8 Å². The zero-order valence-corrected chi connectivity index (χ0v) is 18.0. The van der Waals surface area contributed by atoms with Crippen molar-refractivity contribution in [1.29, 1.82) is 0 Å². The lowest BCUT2D eigenvalue weighted by atomic mass is 10.0. The van der Waals surface area contributed by atoms with Crippen molar-refractivity contribution in [1.82, 2.24) is 10.2 Å². The molecule has 1 fully saturated rings. The summed E-state index contributed by atoms with van der Waals surface area (Å²) in [7, 11) is 0. The van der Waals surface area contributed by atoms with Crippen LogP contribution in [-0.2, 0) is 22.6 Å². The van der Waals surface area contributed by atoms with Gasteiger partial charge in [0.25, 0.3) is 11.8 Å². The maximum Gasteiger partial charge on any atom is 0.265 e. The van der Waals surface area contributed by atoms with E-state index in [9.17, 15) is 9.59 Å².